The summed E-state index contributed by atoms with van der Waals surface area (Å²) in [5, 5.41) is 6.12. The Morgan fingerprint density at radius 2 is 2.37 bits per heavy atom. The number of nitrogens with two attached hydrogens (primary N) is 1. The number of carbonyl (C=O) groups excluding carboxylic acids is 1. The molecule has 1 atom stereocenters. The SMILES string of the molecule is CCNC(=O)c1ccc(NC2CCCOC2)c(N)c1. The number of hydrogen-bond donors (Lipinski definition) is 3. The number of anilines is 2. The van der Waals surface area contributed by atoms with E-state index < -0.39 is 0 Å². The van der Waals surface area contributed by atoms with Gasteiger partial charge in [0.1, 0.15) is 0 Å². The van der Waals surface area contributed by atoms with E-state index in [0.717, 1.165) is 25.1 Å². The van der Waals surface area contributed by atoms with Gasteiger partial charge in [0.25, 0.3) is 5.91 Å². The van der Waals surface area contributed by atoms with Gasteiger partial charge < -0.3 is 21.1 Å². The molecule has 1 aromatic rings. The number of amides is 1. The van der Waals surface area contributed by atoms with Crippen molar-refractivity contribution in [1.82, 2.24) is 5.32 Å². The highest BCUT2D eigenvalue weighted by atomic mass is 16.5. The molecule has 5 heteroatoms. The van der Waals surface area contributed by atoms with Gasteiger partial charge in [-0.25, -0.2) is 0 Å². The van der Waals surface area contributed by atoms with Crippen molar-refractivity contribution >= 4 is 17.3 Å². The molecular weight excluding hydrogens is 242 g/mol. The first kappa shape index (κ1) is 13.7. The standard InChI is InChI=1S/C14H21N3O2/c1-2-16-14(18)10-5-6-13(12(15)8-10)17-11-4-3-7-19-9-11/h5-6,8,11,17H,2-4,7,9,15H2,1H3,(H,16,18). The van der Waals surface area contributed by atoms with E-state index in [9.17, 15) is 4.79 Å². The van der Waals surface area contributed by atoms with E-state index in [1.807, 2.05) is 13.0 Å². The summed E-state index contributed by atoms with van der Waals surface area (Å²) in [4.78, 5) is 11.7. The molecule has 0 spiro atoms. The summed E-state index contributed by atoms with van der Waals surface area (Å²) >= 11 is 0. The van der Waals surface area contributed by atoms with Crippen molar-refractivity contribution < 1.29 is 9.53 Å². The Kier molecular flexibility index (Phi) is 4.63. The highest BCUT2D eigenvalue weighted by Gasteiger charge is 2.15. The zero-order chi connectivity index (χ0) is 13.7. The van der Waals surface area contributed by atoms with Crippen LogP contribution in [0.3, 0.4) is 0 Å². The van der Waals surface area contributed by atoms with Gasteiger partial charge in [0.05, 0.1) is 18.0 Å². The van der Waals surface area contributed by atoms with Gasteiger partial charge in [0.15, 0.2) is 0 Å². The molecule has 1 heterocycles. The quantitative estimate of drug-likeness (QED) is 0.721. The van der Waals surface area contributed by atoms with Gasteiger partial charge in [-0.15, -0.1) is 0 Å². The highest BCUT2D eigenvalue weighted by Crippen LogP contribution is 2.22. The molecular formula is C14H21N3O2. The minimum Gasteiger partial charge on any atom is -0.397 e. The number of benzene rings is 1. The van der Waals surface area contributed by atoms with Crippen LogP contribution in [0.2, 0.25) is 0 Å². The molecule has 0 radical (unpaired) electrons. The number of nitrogens with one attached hydrogen (secondary N) is 2. The second-order valence-corrected chi connectivity index (χ2v) is 4.72. The van der Waals surface area contributed by atoms with Crippen LogP contribution in [0, 0.1) is 0 Å². The maximum absolute atomic E-state index is 11.7. The summed E-state index contributed by atoms with van der Waals surface area (Å²) in [7, 11) is 0. The minimum atomic E-state index is -0.0956. The Morgan fingerprint density at radius 3 is 3.00 bits per heavy atom. The first-order valence-corrected chi connectivity index (χ1v) is 6.72. The number of rotatable bonds is 4. The zero-order valence-corrected chi connectivity index (χ0v) is 11.2. The average Bonchev–Trinajstić information content (AvgIpc) is 2.42. The third-order valence-corrected chi connectivity index (χ3v) is 3.17. The average molecular weight is 263 g/mol. The molecule has 104 valence electrons. The number of carbonyl (C=O) groups is 1. The molecule has 1 unspecified atom stereocenters. The largest absolute Gasteiger partial charge is 0.397 e. The first-order valence-electron chi connectivity index (χ1n) is 6.72. The summed E-state index contributed by atoms with van der Waals surface area (Å²) in [6, 6.07) is 5.64. The number of ether oxygens (including phenoxy) is 1. The van der Waals surface area contributed by atoms with Gasteiger partial charge in [-0.2, -0.15) is 0 Å². The molecule has 0 aromatic heterocycles. The van der Waals surface area contributed by atoms with Crippen LogP contribution >= 0.6 is 0 Å². The van der Waals surface area contributed by atoms with Crippen molar-refractivity contribution in [3.8, 4) is 0 Å². The molecule has 0 bridgehead atoms. The maximum Gasteiger partial charge on any atom is 0.251 e. The third-order valence-electron chi connectivity index (χ3n) is 3.17. The van der Waals surface area contributed by atoms with Gasteiger partial charge in [-0.05, 0) is 38.0 Å². The van der Waals surface area contributed by atoms with Crippen molar-refractivity contribution in [1.29, 1.82) is 0 Å². The van der Waals surface area contributed by atoms with E-state index in [1.165, 1.54) is 0 Å². The van der Waals surface area contributed by atoms with Gasteiger partial charge in [0.2, 0.25) is 0 Å². The summed E-state index contributed by atoms with van der Waals surface area (Å²) < 4.78 is 5.42. The summed E-state index contributed by atoms with van der Waals surface area (Å²) in [6.45, 7) is 4.04. The minimum absolute atomic E-state index is 0.0956. The Hall–Kier alpha value is -1.75. The zero-order valence-electron chi connectivity index (χ0n) is 11.2. The van der Waals surface area contributed by atoms with E-state index >= 15 is 0 Å². The lowest BCUT2D eigenvalue weighted by atomic mass is 10.1. The Morgan fingerprint density at radius 1 is 1.53 bits per heavy atom. The highest BCUT2D eigenvalue weighted by molar-refractivity contribution is 5.96. The lowest BCUT2D eigenvalue weighted by Gasteiger charge is -2.24. The third kappa shape index (κ3) is 3.61. The molecule has 1 fully saturated rings. The Bertz CT molecular complexity index is 442. The molecule has 1 aromatic carbocycles. The maximum atomic E-state index is 11.7. The molecule has 0 saturated carbocycles. The molecule has 2 rings (SSSR count). The van der Waals surface area contributed by atoms with Crippen LogP contribution in [0.5, 0.6) is 0 Å². The van der Waals surface area contributed by atoms with Crippen LogP contribution in [0.1, 0.15) is 30.1 Å². The normalized spacial score (nSPS) is 18.9. The summed E-state index contributed by atoms with van der Waals surface area (Å²) in [6.07, 6.45) is 2.14. The topological polar surface area (TPSA) is 76.4 Å². The molecule has 1 aliphatic heterocycles. The molecule has 19 heavy (non-hydrogen) atoms. The Labute approximate surface area is 113 Å². The Balaban J connectivity index is 2.04. The molecule has 1 amide bonds. The molecule has 0 aliphatic carbocycles. The van der Waals surface area contributed by atoms with Crippen molar-refractivity contribution in [3.05, 3.63) is 23.8 Å². The van der Waals surface area contributed by atoms with E-state index in [4.69, 9.17) is 10.5 Å². The predicted octanol–water partition coefficient (Wildman–Crippen LogP) is 1.61. The van der Waals surface area contributed by atoms with Crippen LogP contribution < -0.4 is 16.4 Å². The van der Waals surface area contributed by atoms with Gasteiger partial charge in [0, 0.05) is 24.8 Å². The van der Waals surface area contributed by atoms with Gasteiger partial charge in [-0.3, -0.25) is 4.79 Å². The van der Waals surface area contributed by atoms with E-state index in [-0.39, 0.29) is 5.91 Å². The van der Waals surface area contributed by atoms with Crippen LogP contribution in [0.15, 0.2) is 18.2 Å². The van der Waals surface area contributed by atoms with Crippen LogP contribution in [0.25, 0.3) is 0 Å². The fraction of sp³-hybridized carbons (Fsp3) is 0.500. The van der Waals surface area contributed by atoms with Crippen molar-refractivity contribution in [2.24, 2.45) is 0 Å². The van der Waals surface area contributed by atoms with E-state index in [2.05, 4.69) is 10.6 Å². The number of hydrogen-bond acceptors (Lipinski definition) is 4. The predicted molar refractivity (Wildman–Crippen MR) is 76.3 cm³/mol. The fourth-order valence-electron chi connectivity index (χ4n) is 2.17. The molecule has 4 N–H and O–H groups in total. The smallest absolute Gasteiger partial charge is 0.251 e. The number of nitrogen functional groups attached to an aromatic ring is 1. The van der Waals surface area contributed by atoms with Crippen LogP contribution in [0.4, 0.5) is 11.4 Å². The van der Waals surface area contributed by atoms with Crippen molar-refractivity contribution in [2.75, 3.05) is 30.8 Å². The van der Waals surface area contributed by atoms with E-state index in [0.29, 0.717) is 30.4 Å². The van der Waals surface area contributed by atoms with Crippen LogP contribution in [-0.4, -0.2) is 31.7 Å². The van der Waals surface area contributed by atoms with Gasteiger partial charge in [-0.1, -0.05) is 0 Å². The van der Waals surface area contributed by atoms with Crippen LogP contribution in [-0.2, 0) is 4.74 Å². The van der Waals surface area contributed by atoms with Crippen molar-refractivity contribution in [3.63, 3.8) is 0 Å². The van der Waals surface area contributed by atoms with E-state index in [1.54, 1.807) is 12.1 Å². The van der Waals surface area contributed by atoms with Crippen molar-refractivity contribution in [2.45, 2.75) is 25.8 Å². The first-order chi connectivity index (χ1) is 9.20. The summed E-state index contributed by atoms with van der Waals surface area (Å²) in [5.41, 5.74) is 8.03. The summed E-state index contributed by atoms with van der Waals surface area (Å²) in [5.74, 6) is -0.0956. The molecule has 1 aliphatic rings. The fourth-order valence-corrected chi connectivity index (χ4v) is 2.17. The molecule has 1 saturated heterocycles. The molecule has 5 nitrogen and oxygen atoms in total. The lowest BCUT2D eigenvalue weighted by molar-refractivity contribution is 0.0876. The monoisotopic (exact) mass is 263 g/mol. The van der Waals surface area contributed by atoms with Gasteiger partial charge >= 0.3 is 0 Å². The lowest BCUT2D eigenvalue weighted by Crippen LogP contribution is -2.30. The second kappa shape index (κ2) is 6.43. The second-order valence-electron chi connectivity index (χ2n) is 4.72.